The van der Waals surface area contributed by atoms with Gasteiger partial charge in [0, 0.05) is 25.7 Å². The first-order chi connectivity index (χ1) is 44.4. The summed E-state index contributed by atoms with van der Waals surface area (Å²) in [5, 5.41) is 10.6. The lowest BCUT2D eigenvalue weighted by molar-refractivity contribution is -0.161. The predicted octanol–water partition coefficient (Wildman–Crippen LogP) is 21.2. The van der Waals surface area contributed by atoms with Crippen molar-refractivity contribution in [3.05, 3.63) is 0 Å². The summed E-state index contributed by atoms with van der Waals surface area (Å²) in [6, 6.07) is 0. The van der Waals surface area contributed by atoms with Gasteiger partial charge >= 0.3 is 39.5 Å². The molecule has 0 radical (unpaired) electrons. The topological polar surface area (TPSA) is 237 Å². The van der Waals surface area contributed by atoms with Crippen LogP contribution >= 0.6 is 15.6 Å². The fraction of sp³-hybridized carbons (Fsp3) is 0.945. The number of esters is 4. The molecule has 6 atom stereocenters. The van der Waals surface area contributed by atoms with Crippen molar-refractivity contribution in [3.8, 4) is 0 Å². The molecule has 0 aromatic heterocycles. The predicted molar refractivity (Wildman–Crippen MR) is 372 cm³/mol. The number of carbonyl (C=O) groups is 4. The van der Waals surface area contributed by atoms with Crippen LogP contribution < -0.4 is 0 Å². The molecular formula is C73H142O17P2. The SMILES string of the molecule is CCCCCCCCCCCCCCCCCCC(=O)OC[C@H](COP(=O)(O)OC[C@@H](O)COP(=O)(O)OC[C@@H](COC(=O)CCCCCCC)OC(=O)CCCCCCCCC(C)C)OC(=O)CCCCCCCCCCCCCCCCCCCCC(C)CC. The van der Waals surface area contributed by atoms with E-state index >= 15 is 0 Å². The molecule has 92 heavy (non-hydrogen) atoms. The minimum atomic E-state index is -4.95. The van der Waals surface area contributed by atoms with E-state index < -0.39 is 97.5 Å². The molecule has 17 nitrogen and oxygen atoms in total. The summed E-state index contributed by atoms with van der Waals surface area (Å²) in [7, 11) is -9.89. The van der Waals surface area contributed by atoms with Crippen molar-refractivity contribution in [1.29, 1.82) is 0 Å². The van der Waals surface area contributed by atoms with Crippen molar-refractivity contribution in [2.24, 2.45) is 11.8 Å². The van der Waals surface area contributed by atoms with Crippen LogP contribution in [0.2, 0.25) is 0 Å². The van der Waals surface area contributed by atoms with Crippen LogP contribution in [0.15, 0.2) is 0 Å². The largest absolute Gasteiger partial charge is 0.472 e. The van der Waals surface area contributed by atoms with Crippen molar-refractivity contribution in [2.45, 2.75) is 394 Å². The Morgan fingerprint density at radius 1 is 0.315 bits per heavy atom. The van der Waals surface area contributed by atoms with Crippen molar-refractivity contribution in [1.82, 2.24) is 0 Å². The second-order valence-corrected chi connectivity index (χ2v) is 30.0. The molecule has 0 fully saturated rings. The number of rotatable bonds is 72. The zero-order chi connectivity index (χ0) is 67.9. The zero-order valence-electron chi connectivity index (χ0n) is 59.9. The Bertz CT molecular complexity index is 1790. The van der Waals surface area contributed by atoms with E-state index in [1.165, 1.54) is 186 Å². The molecule has 0 aliphatic heterocycles. The average molecular weight is 1350 g/mol. The fourth-order valence-electron chi connectivity index (χ4n) is 11.1. The minimum Gasteiger partial charge on any atom is -0.462 e. The highest BCUT2D eigenvalue weighted by Crippen LogP contribution is 2.45. The summed E-state index contributed by atoms with van der Waals surface area (Å²) in [6.07, 6.45) is 52.1. The number of hydrogen-bond acceptors (Lipinski definition) is 15. The minimum absolute atomic E-state index is 0.101. The molecule has 0 amide bonds. The monoisotopic (exact) mass is 1350 g/mol. The lowest BCUT2D eigenvalue weighted by atomic mass is 9.99. The summed E-state index contributed by atoms with van der Waals surface area (Å²) < 4.78 is 68.1. The maximum Gasteiger partial charge on any atom is 0.472 e. The maximum absolute atomic E-state index is 13.1. The molecule has 0 rings (SSSR count). The van der Waals surface area contributed by atoms with Crippen LogP contribution in [0.5, 0.6) is 0 Å². The van der Waals surface area contributed by atoms with Gasteiger partial charge < -0.3 is 33.8 Å². The Morgan fingerprint density at radius 3 is 0.826 bits per heavy atom. The number of unbranched alkanes of at least 4 members (excludes halogenated alkanes) is 41. The van der Waals surface area contributed by atoms with Crippen LogP contribution in [0.3, 0.4) is 0 Å². The maximum atomic E-state index is 13.1. The molecule has 3 N–H and O–H groups in total. The van der Waals surface area contributed by atoms with E-state index in [2.05, 4.69) is 41.5 Å². The number of ether oxygens (including phenoxy) is 4. The number of aliphatic hydroxyl groups is 1. The van der Waals surface area contributed by atoms with Gasteiger partial charge in [-0.15, -0.1) is 0 Å². The molecule has 0 aliphatic rings. The summed E-state index contributed by atoms with van der Waals surface area (Å²) in [5.74, 6) is -0.596. The standard InChI is InChI=1S/C73H142O17P2/c1-7-10-12-14-15-16-17-18-19-25-28-31-34-37-44-50-56-71(76)84-62-69(89-72(77)57-51-45-38-35-32-29-26-23-21-20-22-24-27-30-33-36-43-48-54-66(6)9-3)64-88-92(81,82)86-60-67(74)59-85-91(79,80)87-63-68(61-83-70(75)55-49-41-13-11-8-2)90-73(78)58-52-46-40-39-42-47-53-65(4)5/h65-69,74H,7-64H2,1-6H3,(H,79,80)(H,81,82)/t66?,67-,68+,69+/m0/s1. The van der Waals surface area contributed by atoms with Gasteiger partial charge in [-0.2, -0.15) is 0 Å². The normalized spacial score (nSPS) is 14.4. The molecule has 0 saturated carbocycles. The van der Waals surface area contributed by atoms with E-state index in [1.807, 2.05) is 0 Å². The molecule has 0 aliphatic carbocycles. The summed E-state index contributed by atoms with van der Waals surface area (Å²) in [6.45, 7) is 9.45. The molecule has 0 saturated heterocycles. The quantitative estimate of drug-likeness (QED) is 0.0222. The van der Waals surface area contributed by atoms with Gasteiger partial charge in [-0.3, -0.25) is 37.3 Å². The van der Waals surface area contributed by atoms with E-state index in [0.29, 0.717) is 31.6 Å². The highest BCUT2D eigenvalue weighted by atomic mass is 31.2. The number of hydrogen-bond donors (Lipinski definition) is 3. The third-order valence-corrected chi connectivity index (χ3v) is 19.2. The van der Waals surface area contributed by atoms with Gasteiger partial charge in [-0.1, -0.05) is 324 Å². The van der Waals surface area contributed by atoms with Gasteiger partial charge in [-0.25, -0.2) is 9.13 Å². The summed E-state index contributed by atoms with van der Waals surface area (Å²) >= 11 is 0. The first-order valence-corrected chi connectivity index (χ1v) is 41.0. The van der Waals surface area contributed by atoms with Crippen LogP contribution in [0.25, 0.3) is 0 Å². The van der Waals surface area contributed by atoms with Crippen LogP contribution in [-0.4, -0.2) is 96.7 Å². The van der Waals surface area contributed by atoms with Crippen molar-refractivity contribution in [3.63, 3.8) is 0 Å². The lowest BCUT2D eigenvalue weighted by Gasteiger charge is -2.21. The Labute approximate surface area is 562 Å². The highest BCUT2D eigenvalue weighted by molar-refractivity contribution is 7.47. The molecule has 546 valence electrons. The van der Waals surface area contributed by atoms with E-state index in [1.54, 1.807) is 0 Å². The first kappa shape index (κ1) is 90.1. The van der Waals surface area contributed by atoms with Crippen molar-refractivity contribution in [2.75, 3.05) is 39.6 Å². The summed E-state index contributed by atoms with van der Waals surface area (Å²) in [5.41, 5.74) is 0. The Balaban J connectivity index is 5.10. The fourth-order valence-corrected chi connectivity index (χ4v) is 12.7. The summed E-state index contributed by atoms with van der Waals surface area (Å²) in [4.78, 5) is 72.3. The molecule has 0 bridgehead atoms. The molecule has 0 spiro atoms. The van der Waals surface area contributed by atoms with Crippen LogP contribution in [0, 0.1) is 11.8 Å². The van der Waals surface area contributed by atoms with E-state index in [9.17, 15) is 43.2 Å². The Morgan fingerprint density at radius 2 is 0.554 bits per heavy atom. The zero-order valence-corrected chi connectivity index (χ0v) is 61.6. The number of carbonyl (C=O) groups excluding carboxylic acids is 4. The molecule has 0 aromatic carbocycles. The second-order valence-electron chi connectivity index (χ2n) is 27.1. The second kappa shape index (κ2) is 65.0. The molecule has 0 heterocycles. The average Bonchev–Trinajstić information content (AvgIpc) is 3.44. The van der Waals surface area contributed by atoms with Crippen LogP contribution in [0.1, 0.15) is 375 Å². The number of phosphoric ester groups is 2. The smallest absolute Gasteiger partial charge is 0.462 e. The lowest BCUT2D eigenvalue weighted by Crippen LogP contribution is -2.30. The molecule has 19 heteroatoms. The van der Waals surface area contributed by atoms with E-state index in [-0.39, 0.29) is 25.7 Å². The van der Waals surface area contributed by atoms with Crippen LogP contribution in [-0.2, 0) is 65.4 Å². The van der Waals surface area contributed by atoms with E-state index in [0.717, 1.165) is 102 Å². The van der Waals surface area contributed by atoms with E-state index in [4.69, 9.17) is 37.0 Å². The van der Waals surface area contributed by atoms with Crippen molar-refractivity contribution >= 4 is 39.5 Å². The van der Waals surface area contributed by atoms with Crippen molar-refractivity contribution < 1.29 is 80.2 Å². The molecular weight excluding hydrogens is 1210 g/mol. The van der Waals surface area contributed by atoms with Gasteiger partial charge in [0.15, 0.2) is 12.2 Å². The third-order valence-electron chi connectivity index (χ3n) is 17.3. The van der Waals surface area contributed by atoms with Crippen LogP contribution in [0.4, 0.5) is 0 Å². The number of aliphatic hydroxyl groups excluding tert-OH is 1. The van der Waals surface area contributed by atoms with Gasteiger partial charge in [0.1, 0.15) is 19.3 Å². The molecule has 3 unspecified atom stereocenters. The van der Waals surface area contributed by atoms with Gasteiger partial charge in [0.05, 0.1) is 26.4 Å². The first-order valence-electron chi connectivity index (χ1n) is 38.0. The highest BCUT2D eigenvalue weighted by Gasteiger charge is 2.30. The van der Waals surface area contributed by atoms with Gasteiger partial charge in [0.25, 0.3) is 0 Å². The third kappa shape index (κ3) is 65.4. The van der Waals surface area contributed by atoms with Gasteiger partial charge in [-0.05, 0) is 37.5 Å². The Kier molecular flexibility index (Phi) is 63.7. The Hall–Kier alpha value is -1.94. The number of phosphoric acid groups is 2. The van der Waals surface area contributed by atoms with Gasteiger partial charge in [0.2, 0.25) is 0 Å². The molecule has 0 aromatic rings.